The van der Waals surface area contributed by atoms with E-state index in [1.165, 1.54) is 4.90 Å². The Morgan fingerprint density at radius 3 is 2.22 bits per heavy atom. The topological polar surface area (TPSA) is 86.8 Å². The van der Waals surface area contributed by atoms with E-state index in [9.17, 15) is 18.0 Å². The van der Waals surface area contributed by atoms with Gasteiger partial charge in [0, 0.05) is 23.0 Å². The number of nitrogens with one attached hydrogen (secondary N) is 1. The third-order valence-electron chi connectivity index (χ3n) is 6.37. The molecule has 3 rings (SSSR count). The summed E-state index contributed by atoms with van der Waals surface area (Å²) in [5.74, 6) is -0.741. The lowest BCUT2D eigenvalue weighted by atomic mass is 10.1. The van der Waals surface area contributed by atoms with Crippen LogP contribution in [0, 0.1) is 0 Å². The second-order valence-electron chi connectivity index (χ2n) is 9.16. The molecule has 0 fully saturated rings. The molecular weight excluding hydrogens is 510 g/mol. The Morgan fingerprint density at radius 2 is 1.59 bits per heavy atom. The molecule has 0 saturated carbocycles. The molecule has 0 aliphatic rings. The largest absolute Gasteiger partial charge is 0.352 e. The van der Waals surface area contributed by atoms with Crippen molar-refractivity contribution in [1.82, 2.24) is 10.2 Å². The maximum atomic E-state index is 13.9. The molecule has 1 N–H and O–H groups in total. The number of amides is 2. The Hall–Kier alpha value is -3.10. The summed E-state index contributed by atoms with van der Waals surface area (Å²) in [6, 6.07) is 19.0. The summed E-state index contributed by atoms with van der Waals surface area (Å²) < 4.78 is 27.0. The van der Waals surface area contributed by atoms with Gasteiger partial charge in [-0.05, 0) is 48.9 Å². The van der Waals surface area contributed by atoms with Crippen LogP contribution in [0.2, 0.25) is 5.02 Å². The van der Waals surface area contributed by atoms with Gasteiger partial charge >= 0.3 is 0 Å². The second-order valence-corrected chi connectivity index (χ2v) is 11.5. The van der Waals surface area contributed by atoms with Gasteiger partial charge in [0.1, 0.15) is 12.6 Å². The van der Waals surface area contributed by atoms with Gasteiger partial charge in [0.25, 0.3) is 0 Å². The van der Waals surface area contributed by atoms with Crippen molar-refractivity contribution in [1.29, 1.82) is 0 Å². The van der Waals surface area contributed by atoms with Crippen LogP contribution in [0.25, 0.3) is 10.8 Å². The first-order valence-electron chi connectivity index (χ1n) is 12.3. The molecule has 0 aromatic heterocycles. The molecule has 2 atom stereocenters. The number of fused-ring (bicyclic) bond motifs is 1. The van der Waals surface area contributed by atoms with Crippen LogP contribution >= 0.6 is 11.6 Å². The Balaban J connectivity index is 2.01. The Kier molecular flexibility index (Phi) is 9.56. The van der Waals surface area contributed by atoms with Crippen LogP contribution in [-0.2, 0) is 26.2 Å². The van der Waals surface area contributed by atoms with Gasteiger partial charge in [-0.1, -0.05) is 74.0 Å². The molecule has 0 radical (unpaired) electrons. The quantitative estimate of drug-likeness (QED) is 0.369. The van der Waals surface area contributed by atoms with Crippen LogP contribution in [0.4, 0.5) is 5.69 Å². The lowest BCUT2D eigenvalue weighted by Gasteiger charge is -2.33. The fourth-order valence-electron chi connectivity index (χ4n) is 4.17. The molecule has 0 saturated heterocycles. The van der Waals surface area contributed by atoms with Crippen molar-refractivity contribution >= 4 is 49.9 Å². The minimum atomic E-state index is -3.82. The van der Waals surface area contributed by atoms with E-state index in [0.29, 0.717) is 22.5 Å². The van der Waals surface area contributed by atoms with Crippen molar-refractivity contribution in [3.63, 3.8) is 0 Å². The number of nitrogens with zero attached hydrogens (tertiary/aromatic N) is 2. The first-order valence-corrected chi connectivity index (χ1v) is 14.6. The summed E-state index contributed by atoms with van der Waals surface area (Å²) in [5, 5.41) is 5.10. The lowest BCUT2D eigenvalue weighted by molar-refractivity contribution is -0.140. The molecular formula is C28H34ClN3O4S. The van der Waals surface area contributed by atoms with Gasteiger partial charge in [0.2, 0.25) is 21.8 Å². The molecule has 0 unspecified atom stereocenters. The van der Waals surface area contributed by atoms with Crippen LogP contribution in [0.1, 0.15) is 39.2 Å². The molecule has 2 amide bonds. The van der Waals surface area contributed by atoms with E-state index in [2.05, 4.69) is 5.32 Å². The highest BCUT2D eigenvalue weighted by atomic mass is 35.5. The predicted molar refractivity (Wildman–Crippen MR) is 150 cm³/mol. The number of carbonyl (C=O) groups excluding carboxylic acids is 2. The number of rotatable bonds is 11. The van der Waals surface area contributed by atoms with E-state index in [-0.39, 0.29) is 18.5 Å². The lowest BCUT2D eigenvalue weighted by Crippen LogP contribution is -2.53. The number of halogens is 1. The molecule has 0 heterocycles. The first kappa shape index (κ1) is 28.5. The highest BCUT2D eigenvalue weighted by molar-refractivity contribution is 7.92. The van der Waals surface area contributed by atoms with Crippen molar-refractivity contribution in [2.24, 2.45) is 0 Å². The van der Waals surface area contributed by atoms with E-state index in [0.717, 1.165) is 27.9 Å². The third-order valence-corrected chi connectivity index (χ3v) is 7.75. The fourth-order valence-corrected chi connectivity index (χ4v) is 5.16. The van der Waals surface area contributed by atoms with Gasteiger partial charge in [-0.3, -0.25) is 13.9 Å². The molecule has 0 spiro atoms. The van der Waals surface area contributed by atoms with E-state index < -0.39 is 28.5 Å². The van der Waals surface area contributed by atoms with E-state index in [1.807, 2.05) is 51.1 Å². The first-order chi connectivity index (χ1) is 17.5. The molecule has 9 heteroatoms. The molecule has 0 bridgehead atoms. The van der Waals surface area contributed by atoms with Crippen LogP contribution in [0.15, 0.2) is 66.7 Å². The summed E-state index contributed by atoms with van der Waals surface area (Å²) >= 11 is 6.04. The van der Waals surface area contributed by atoms with Gasteiger partial charge in [0.15, 0.2) is 0 Å². The van der Waals surface area contributed by atoms with Crippen molar-refractivity contribution in [2.45, 2.75) is 52.2 Å². The highest BCUT2D eigenvalue weighted by Crippen LogP contribution is 2.29. The Bertz CT molecular complexity index is 1340. The van der Waals surface area contributed by atoms with Crippen molar-refractivity contribution < 1.29 is 18.0 Å². The zero-order valence-corrected chi connectivity index (χ0v) is 23.2. The second kappa shape index (κ2) is 12.4. The zero-order valence-electron chi connectivity index (χ0n) is 21.6. The number of hydrogen-bond donors (Lipinski definition) is 1. The number of carbonyl (C=O) groups is 2. The van der Waals surface area contributed by atoms with Gasteiger partial charge in [-0.25, -0.2) is 8.42 Å². The van der Waals surface area contributed by atoms with E-state index >= 15 is 0 Å². The molecule has 3 aromatic carbocycles. The number of sulfonamides is 1. The summed E-state index contributed by atoms with van der Waals surface area (Å²) in [4.78, 5) is 28.5. The average molecular weight is 544 g/mol. The zero-order chi connectivity index (χ0) is 27.2. The smallest absolute Gasteiger partial charge is 0.244 e. The Morgan fingerprint density at radius 1 is 0.946 bits per heavy atom. The molecule has 198 valence electrons. The minimum absolute atomic E-state index is 0.0581. The monoisotopic (exact) mass is 543 g/mol. The number of benzene rings is 3. The predicted octanol–water partition coefficient (Wildman–Crippen LogP) is 4.98. The summed E-state index contributed by atoms with van der Waals surface area (Å²) in [5.41, 5.74) is 1.20. The molecule has 0 aliphatic carbocycles. The highest BCUT2D eigenvalue weighted by Gasteiger charge is 2.32. The fraction of sp³-hybridized carbons (Fsp3) is 0.357. The third kappa shape index (κ3) is 7.23. The average Bonchev–Trinajstić information content (AvgIpc) is 2.87. The van der Waals surface area contributed by atoms with Crippen molar-refractivity contribution in [2.75, 3.05) is 17.1 Å². The van der Waals surface area contributed by atoms with Gasteiger partial charge in [-0.2, -0.15) is 0 Å². The summed E-state index contributed by atoms with van der Waals surface area (Å²) in [7, 11) is -3.82. The van der Waals surface area contributed by atoms with Crippen molar-refractivity contribution in [3.05, 3.63) is 77.3 Å². The molecule has 0 aliphatic heterocycles. The maximum Gasteiger partial charge on any atom is 0.244 e. The standard InChI is InChI=1S/C28H34ClN3O4S/c1-5-20(3)30-28(34)25(6-2)31(18-21-14-16-23(29)17-15-21)27(33)19-32(37(4,35)36)26-13-9-11-22-10-7-8-12-24(22)26/h7-17,20,25H,5-6,18-19H2,1-4H3,(H,30,34)/t20-,25+/m1/s1. The van der Waals surface area contributed by atoms with Gasteiger partial charge in [0.05, 0.1) is 11.9 Å². The molecule has 37 heavy (non-hydrogen) atoms. The van der Waals surface area contributed by atoms with Gasteiger partial charge < -0.3 is 10.2 Å². The van der Waals surface area contributed by atoms with Crippen LogP contribution in [0.3, 0.4) is 0 Å². The van der Waals surface area contributed by atoms with E-state index in [4.69, 9.17) is 11.6 Å². The maximum absolute atomic E-state index is 13.9. The van der Waals surface area contributed by atoms with Crippen LogP contribution < -0.4 is 9.62 Å². The van der Waals surface area contributed by atoms with Crippen LogP contribution in [-0.4, -0.2) is 50.0 Å². The SMILES string of the molecule is CC[C@@H](C)NC(=O)[C@H](CC)N(Cc1ccc(Cl)cc1)C(=O)CN(c1cccc2ccccc12)S(C)(=O)=O. The summed E-state index contributed by atoms with van der Waals surface area (Å²) in [6.07, 6.45) is 2.20. The minimum Gasteiger partial charge on any atom is -0.352 e. The summed E-state index contributed by atoms with van der Waals surface area (Å²) in [6.45, 7) is 5.41. The van der Waals surface area contributed by atoms with Crippen molar-refractivity contribution in [3.8, 4) is 0 Å². The van der Waals surface area contributed by atoms with Gasteiger partial charge in [-0.15, -0.1) is 0 Å². The normalized spacial score (nSPS) is 13.1. The van der Waals surface area contributed by atoms with E-state index in [1.54, 1.807) is 36.4 Å². The number of hydrogen-bond acceptors (Lipinski definition) is 4. The molecule has 3 aromatic rings. The molecule has 7 nitrogen and oxygen atoms in total. The number of anilines is 1. The van der Waals surface area contributed by atoms with Crippen LogP contribution in [0.5, 0.6) is 0 Å². The Labute approximate surface area is 224 Å².